The number of hydrogen-bond acceptors (Lipinski definition) is 1. The minimum atomic E-state index is -2.40. The number of rotatable bonds is 10. The van der Waals surface area contributed by atoms with E-state index in [1.807, 2.05) is 17.9 Å². The van der Waals surface area contributed by atoms with E-state index >= 15 is 0 Å². The first kappa shape index (κ1) is 18.3. The molecule has 2 nitrogen and oxygen atoms in total. The second-order valence-electron chi connectivity index (χ2n) is 6.09. The average molecular weight is 406 g/mol. The number of aromatic nitrogens is 2. The van der Waals surface area contributed by atoms with Crippen LogP contribution in [0.5, 0.6) is 0 Å². The van der Waals surface area contributed by atoms with Gasteiger partial charge in [0.25, 0.3) is 0 Å². The molecule has 0 aliphatic carbocycles. The van der Waals surface area contributed by atoms with Crippen LogP contribution in [0.15, 0.2) is 6.33 Å². The van der Waals surface area contributed by atoms with Crippen LogP contribution in [0.4, 0.5) is 0 Å². The molecule has 0 unspecified atom stereocenters. The van der Waals surface area contributed by atoms with E-state index in [1.54, 1.807) is 0 Å². The van der Waals surface area contributed by atoms with Crippen molar-refractivity contribution in [1.29, 1.82) is 0 Å². The molecule has 0 amide bonds. The Morgan fingerprint density at radius 3 is 1.75 bits per heavy atom. The van der Waals surface area contributed by atoms with Crippen molar-refractivity contribution in [3.63, 3.8) is 0 Å². The summed E-state index contributed by atoms with van der Waals surface area (Å²) < 4.78 is 7.66. The van der Waals surface area contributed by atoms with Gasteiger partial charge in [-0.3, -0.25) is 0 Å². The Labute approximate surface area is 134 Å². The van der Waals surface area contributed by atoms with E-state index in [-0.39, 0.29) is 0 Å². The van der Waals surface area contributed by atoms with Gasteiger partial charge >= 0.3 is 134 Å². The monoisotopic (exact) mass is 406 g/mol. The summed E-state index contributed by atoms with van der Waals surface area (Å²) in [6, 6.07) is 0. The molecular formula is C16H31ClN2Sn. The molecule has 1 heterocycles. The van der Waals surface area contributed by atoms with Gasteiger partial charge in [0.15, 0.2) is 0 Å². The molecular weight excluding hydrogens is 374 g/mol. The van der Waals surface area contributed by atoms with Gasteiger partial charge in [-0.05, 0) is 0 Å². The number of imidazole rings is 1. The Morgan fingerprint density at radius 1 is 1.00 bits per heavy atom. The third-order valence-corrected chi connectivity index (χ3v) is 20.4. The molecule has 0 N–H and O–H groups in total. The standard InChI is InChI=1S/C4H4ClN2.3C4H9.Sn/c1-7-3-6-2-4(7)5;3*1-3-4-2;/h3H,1H3;3*1,3-4H2,2H3;. The molecule has 20 heavy (non-hydrogen) atoms. The number of aryl methyl sites for hydroxylation is 1. The van der Waals surface area contributed by atoms with E-state index in [0.29, 0.717) is 0 Å². The Balaban J connectivity index is 3.08. The van der Waals surface area contributed by atoms with Crippen molar-refractivity contribution in [3.05, 3.63) is 11.5 Å². The molecule has 0 aromatic carbocycles. The topological polar surface area (TPSA) is 17.8 Å². The van der Waals surface area contributed by atoms with Crippen LogP contribution in [0, 0.1) is 0 Å². The second-order valence-corrected chi connectivity index (χ2v) is 19.4. The molecule has 4 heteroatoms. The van der Waals surface area contributed by atoms with Gasteiger partial charge in [0.05, 0.1) is 0 Å². The molecule has 0 fully saturated rings. The van der Waals surface area contributed by atoms with Gasteiger partial charge in [-0.1, -0.05) is 0 Å². The molecule has 0 bridgehead atoms. The van der Waals surface area contributed by atoms with Crippen LogP contribution in [0.2, 0.25) is 18.5 Å². The molecule has 1 rings (SSSR count). The Bertz CT molecular complexity index is 368. The van der Waals surface area contributed by atoms with Gasteiger partial charge in [0.1, 0.15) is 0 Å². The van der Waals surface area contributed by atoms with Gasteiger partial charge in [-0.25, -0.2) is 0 Å². The second kappa shape index (κ2) is 9.34. The number of hydrogen-bond donors (Lipinski definition) is 0. The predicted octanol–water partition coefficient (Wildman–Crippen LogP) is 5.13. The van der Waals surface area contributed by atoms with E-state index in [9.17, 15) is 0 Å². The SMILES string of the molecule is CCC[CH2][Sn]([CH2]CCC)([CH2]CCC)[c]1ncn(C)c1Cl. The van der Waals surface area contributed by atoms with Crippen molar-refractivity contribution in [2.24, 2.45) is 7.05 Å². The number of unbranched alkanes of at least 4 members (excludes halogenated alkanes) is 3. The van der Waals surface area contributed by atoms with Crippen molar-refractivity contribution in [1.82, 2.24) is 9.55 Å². The summed E-state index contributed by atoms with van der Waals surface area (Å²) in [6.45, 7) is 6.91. The summed E-state index contributed by atoms with van der Waals surface area (Å²) in [5.74, 6) is 0. The van der Waals surface area contributed by atoms with Gasteiger partial charge in [-0.2, -0.15) is 0 Å². The number of halogens is 1. The van der Waals surface area contributed by atoms with Gasteiger partial charge in [0, 0.05) is 0 Å². The fraction of sp³-hybridized carbons (Fsp3) is 0.812. The van der Waals surface area contributed by atoms with Crippen LogP contribution in [0.25, 0.3) is 0 Å². The Kier molecular flexibility index (Phi) is 8.57. The quantitative estimate of drug-likeness (QED) is 0.494. The van der Waals surface area contributed by atoms with Crippen LogP contribution in [0.1, 0.15) is 59.3 Å². The van der Waals surface area contributed by atoms with Crippen molar-refractivity contribution in [2.45, 2.75) is 72.6 Å². The maximum atomic E-state index is 6.58. The van der Waals surface area contributed by atoms with E-state index in [0.717, 1.165) is 5.15 Å². The van der Waals surface area contributed by atoms with E-state index in [2.05, 4.69) is 20.8 Å². The third kappa shape index (κ3) is 4.65. The fourth-order valence-corrected chi connectivity index (χ4v) is 20.2. The molecule has 116 valence electrons. The third-order valence-electron chi connectivity index (χ3n) is 4.39. The average Bonchev–Trinajstić information content (AvgIpc) is 2.79. The summed E-state index contributed by atoms with van der Waals surface area (Å²) in [4.78, 5) is 4.77. The molecule has 0 aliphatic rings. The summed E-state index contributed by atoms with van der Waals surface area (Å²) in [5, 5.41) is 0.934. The van der Waals surface area contributed by atoms with Crippen LogP contribution in [-0.4, -0.2) is 27.9 Å². The maximum absolute atomic E-state index is 6.58. The predicted molar refractivity (Wildman–Crippen MR) is 92.8 cm³/mol. The van der Waals surface area contributed by atoms with Crippen LogP contribution in [0.3, 0.4) is 0 Å². The summed E-state index contributed by atoms with van der Waals surface area (Å²) >= 11 is 4.18. The van der Waals surface area contributed by atoms with Crippen LogP contribution in [-0.2, 0) is 7.05 Å². The summed E-state index contributed by atoms with van der Waals surface area (Å²) in [7, 11) is 2.02. The Morgan fingerprint density at radius 2 is 1.45 bits per heavy atom. The van der Waals surface area contributed by atoms with Crippen LogP contribution < -0.4 is 3.71 Å². The fourth-order valence-electron chi connectivity index (χ4n) is 3.05. The van der Waals surface area contributed by atoms with E-state index in [4.69, 9.17) is 16.6 Å². The van der Waals surface area contributed by atoms with Gasteiger partial charge in [-0.15, -0.1) is 0 Å². The summed E-state index contributed by atoms with van der Waals surface area (Å²) in [6.07, 6.45) is 9.88. The molecule has 0 radical (unpaired) electrons. The van der Waals surface area contributed by atoms with E-state index in [1.165, 1.54) is 55.5 Å². The zero-order valence-electron chi connectivity index (χ0n) is 13.7. The molecule has 1 aromatic rings. The van der Waals surface area contributed by atoms with Gasteiger partial charge in [0.2, 0.25) is 0 Å². The van der Waals surface area contributed by atoms with Crippen LogP contribution >= 0.6 is 11.6 Å². The zero-order valence-corrected chi connectivity index (χ0v) is 17.3. The summed E-state index contributed by atoms with van der Waals surface area (Å²) in [5.41, 5.74) is 0. The first-order valence-corrected chi connectivity index (χ1v) is 16.1. The van der Waals surface area contributed by atoms with Crippen molar-refractivity contribution < 1.29 is 0 Å². The van der Waals surface area contributed by atoms with E-state index < -0.39 is 18.4 Å². The van der Waals surface area contributed by atoms with Crippen molar-refractivity contribution in [2.75, 3.05) is 0 Å². The first-order chi connectivity index (χ1) is 9.61. The molecule has 1 aromatic heterocycles. The molecule has 0 saturated heterocycles. The number of nitrogens with zero attached hydrogens (tertiary/aromatic N) is 2. The molecule has 0 saturated carbocycles. The minimum absolute atomic E-state index is 0.934. The zero-order chi connectivity index (χ0) is 15.0. The van der Waals surface area contributed by atoms with Gasteiger partial charge < -0.3 is 0 Å². The van der Waals surface area contributed by atoms with Crippen molar-refractivity contribution in [3.8, 4) is 0 Å². The van der Waals surface area contributed by atoms with Crippen molar-refractivity contribution >= 4 is 33.7 Å². The first-order valence-electron chi connectivity index (χ1n) is 8.28. The normalized spacial score (nSPS) is 12.1. The molecule has 0 spiro atoms. The molecule has 0 aliphatic heterocycles. The molecule has 0 atom stereocenters. The Hall–Kier alpha value is 0.299.